The number of nitrogens with zero attached hydrogens (tertiary/aromatic N) is 1. The summed E-state index contributed by atoms with van der Waals surface area (Å²) < 4.78 is 0. The van der Waals surface area contributed by atoms with Gasteiger partial charge in [-0.1, -0.05) is 32.0 Å². The van der Waals surface area contributed by atoms with E-state index in [0.717, 1.165) is 10.9 Å². The zero-order chi connectivity index (χ0) is 45.9. The molecule has 62 heavy (non-hydrogen) atoms. The Morgan fingerprint density at radius 3 is 1.87 bits per heavy atom. The number of primary amides is 1. The minimum absolute atomic E-state index is 0.0255. The second kappa shape index (κ2) is 24.4. The minimum Gasteiger partial charge on any atom is -0.481 e. The van der Waals surface area contributed by atoms with Crippen LogP contribution in [0.5, 0.6) is 0 Å². The molecule has 16 N–H and O–H groups in total. The number of amides is 7. The summed E-state index contributed by atoms with van der Waals surface area (Å²) in [5, 5.41) is 34.7. The van der Waals surface area contributed by atoms with Crippen LogP contribution in [0.2, 0.25) is 0 Å². The molecule has 6 atom stereocenters. The van der Waals surface area contributed by atoms with Gasteiger partial charge >= 0.3 is 11.9 Å². The molecule has 0 spiro atoms. The summed E-state index contributed by atoms with van der Waals surface area (Å²) in [5.41, 5.74) is 18.1. The minimum atomic E-state index is -1.81. The van der Waals surface area contributed by atoms with E-state index in [9.17, 15) is 53.4 Å². The average Bonchev–Trinajstić information content (AvgIpc) is 3.88. The summed E-state index contributed by atoms with van der Waals surface area (Å²) in [4.78, 5) is 126. The second-order valence-corrected chi connectivity index (χ2v) is 15.0. The van der Waals surface area contributed by atoms with E-state index >= 15 is 0 Å². The monoisotopic (exact) mass is 868 g/mol. The maximum atomic E-state index is 14.3. The molecule has 0 aliphatic heterocycles. The third-order valence-corrected chi connectivity index (χ3v) is 9.50. The third kappa shape index (κ3) is 15.9. The van der Waals surface area contributed by atoms with E-state index in [1.807, 2.05) is 6.07 Å². The Labute approximate surface area is 355 Å². The Morgan fingerprint density at radius 1 is 0.694 bits per heavy atom. The van der Waals surface area contributed by atoms with E-state index in [1.165, 1.54) is 12.5 Å². The molecule has 0 fully saturated rings. The summed E-state index contributed by atoms with van der Waals surface area (Å²) in [6.07, 6.45) is 3.17. The third-order valence-electron chi connectivity index (χ3n) is 9.50. The molecule has 2 aromatic heterocycles. The first-order valence-electron chi connectivity index (χ1n) is 19.9. The van der Waals surface area contributed by atoms with Crippen molar-refractivity contribution >= 4 is 64.2 Å². The number of carboxylic acids is 2. The normalized spacial score (nSPS) is 14.0. The lowest BCUT2D eigenvalue weighted by Crippen LogP contribution is -2.60. The number of aromatic nitrogens is 3. The number of fused-ring (bicyclic) bond motifs is 1. The zero-order valence-corrected chi connectivity index (χ0v) is 34.4. The Balaban J connectivity index is 1.91. The number of para-hydroxylation sites is 1. The highest BCUT2D eigenvalue weighted by Gasteiger charge is 2.35. The van der Waals surface area contributed by atoms with E-state index < -0.39 is 109 Å². The van der Waals surface area contributed by atoms with Gasteiger partial charge in [-0.25, -0.2) is 9.78 Å². The first-order valence-corrected chi connectivity index (χ1v) is 19.9. The molecule has 3 rings (SSSR count). The van der Waals surface area contributed by atoms with Gasteiger partial charge in [-0.3, -0.25) is 38.4 Å². The molecule has 0 saturated heterocycles. The van der Waals surface area contributed by atoms with Gasteiger partial charge in [0.2, 0.25) is 41.4 Å². The number of aromatic amines is 2. The number of carboxylic acid groups (broad SMARTS) is 2. The fraction of sp³-hybridized carbons (Fsp3) is 0.487. The van der Waals surface area contributed by atoms with Gasteiger partial charge in [0, 0.05) is 41.8 Å². The number of hydrogen-bond donors (Lipinski definition) is 13. The van der Waals surface area contributed by atoms with Crippen molar-refractivity contribution in [1.82, 2.24) is 46.9 Å². The lowest BCUT2D eigenvalue weighted by atomic mass is 9.99. The highest BCUT2D eigenvalue weighted by Crippen LogP contribution is 2.20. The molecule has 0 bridgehead atoms. The van der Waals surface area contributed by atoms with E-state index in [1.54, 1.807) is 38.2 Å². The van der Waals surface area contributed by atoms with Crippen LogP contribution >= 0.6 is 0 Å². The number of nitrogens with one attached hydrogen (secondary N) is 8. The molecule has 0 aliphatic carbocycles. The number of H-pyrrole nitrogens is 2. The summed E-state index contributed by atoms with van der Waals surface area (Å²) in [5.74, 6) is -9.75. The molecule has 23 nitrogen and oxygen atoms in total. The van der Waals surface area contributed by atoms with Crippen molar-refractivity contribution in [3.8, 4) is 0 Å². The van der Waals surface area contributed by atoms with Crippen molar-refractivity contribution in [3.63, 3.8) is 0 Å². The van der Waals surface area contributed by atoms with Crippen LogP contribution in [-0.4, -0.2) is 128 Å². The van der Waals surface area contributed by atoms with Gasteiger partial charge in [0.15, 0.2) is 0 Å². The number of nitrogens with two attached hydrogens (primary N) is 3. The molecular formula is C39H56N12O11. The van der Waals surface area contributed by atoms with Gasteiger partial charge in [0.1, 0.15) is 36.3 Å². The fourth-order valence-electron chi connectivity index (χ4n) is 6.42. The first kappa shape index (κ1) is 49.5. The van der Waals surface area contributed by atoms with Crippen molar-refractivity contribution in [2.75, 3.05) is 13.1 Å². The van der Waals surface area contributed by atoms with Crippen molar-refractivity contribution in [2.24, 2.45) is 23.1 Å². The fourth-order valence-corrected chi connectivity index (χ4v) is 6.42. The molecule has 7 amide bonds. The average molecular weight is 869 g/mol. The molecule has 0 aliphatic rings. The summed E-state index contributed by atoms with van der Waals surface area (Å²) >= 11 is 0. The Morgan fingerprint density at radius 2 is 1.27 bits per heavy atom. The number of hydrogen-bond acceptors (Lipinski definition) is 12. The van der Waals surface area contributed by atoms with E-state index in [0.29, 0.717) is 17.7 Å². The molecule has 0 unspecified atom stereocenters. The highest BCUT2D eigenvalue weighted by atomic mass is 16.4. The molecule has 1 aromatic carbocycles. The highest BCUT2D eigenvalue weighted by molar-refractivity contribution is 5.98. The molecule has 0 radical (unpaired) electrons. The van der Waals surface area contributed by atoms with E-state index in [-0.39, 0.29) is 44.6 Å². The predicted molar refractivity (Wildman–Crippen MR) is 221 cm³/mol. The quantitative estimate of drug-likeness (QED) is 0.0343. The van der Waals surface area contributed by atoms with Gasteiger partial charge in [0.25, 0.3) is 0 Å². The molecule has 0 saturated carbocycles. The van der Waals surface area contributed by atoms with E-state index in [4.69, 9.17) is 17.2 Å². The smallest absolute Gasteiger partial charge is 0.326 e. The van der Waals surface area contributed by atoms with Gasteiger partial charge in [-0.2, -0.15) is 0 Å². The summed E-state index contributed by atoms with van der Waals surface area (Å²) in [6.45, 7) is 3.27. The van der Waals surface area contributed by atoms with Crippen LogP contribution in [0.1, 0.15) is 63.6 Å². The van der Waals surface area contributed by atoms with Crippen molar-refractivity contribution < 1.29 is 53.4 Å². The lowest BCUT2D eigenvalue weighted by molar-refractivity contribution is -0.144. The Kier molecular flexibility index (Phi) is 19.5. The van der Waals surface area contributed by atoms with Crippen LogP contribution in [0.3, 0.4) is 0 Å². The van der Waals surface area contributed by atoms with Crippen LogP contribution in [0.15, 0.2) is 43.0 Å². The van der Waals surface area contributed by atoms with Crippen LogP contribution in [0.25, 0.3) is 10.9 Å². The number of aliphatic carboxylic acids is 2. The molecular weight excluding hydrogens is 813 g/mol. The SMILES string of the molecule is CC(C)C[C@H](NC(=O)[C@H](Cc1c[nH]c2ccccc12)NC(=O)[C@H](Cc1cnc[nH]1)NC(=O)CN)C(=O)N[C@@H](CC(=O)O)C(=O)N[C@@H](CCCCN)C(=O)N[C@@H](CC(N)=O)C(=O)O. The number of unbranched alkanes of at least 4 members (excludes halogenated alkanes) is 1. The van der Waals surface area contributed by atoms with Gasteiger partial charge in [-0.15, -0.1) is 0 Å². The largest absolute Gasteiger partial charge is 0.481 e. The van der Waals surface area contributed by atoms with Crippen molar-refractivity contribution in [2.45, 2.75) is 101 Å². The molecule has 2 heterocycles. The number of carbonyl (C=O) groups is 9. The van der Waals surface area contributed by atoms with Crippen LogP contribution in [0, 0.1) is 5.92 Å². The second-order valence-electron chi connectivity index (χ2n) is 15.0. The Hall–Kier alpha value is -6.88. The first-order chi connectivity index (χ1) is 29.4. The molecule has 23 heteroatoms. The van der Waals surface area contributed by atoms with Crippen LogP contribution in [0.4, 0.5) is 0 Å². The number of imidazole rings is 1. The van der Waals surface area contributed by atoms with Crippen LogP contribution in [-0.2, 0) is 56.0 Å². The molecule has 3 aromatic rings. The Bertz CT molecular complexity index is 2040. The zero-order valence-electron chi connectivity index (χ0n) is 34.4. The predicted octanol–water partition coefficient (Wildman–Crippen LogP) is -2.85. The van der Waals surface area contributed by atoms with Crippen molar-refractivity contribution in [1.29, 1.82) is 0 Å². The maximum absolute atomic E-state index is 14.3. The summed E-state index contributed by atoms with van der Waals surface area (Å²) in [6, 6.07) is -1.77. The van der Waals surface area contributed by atoms with Crippen molar-refractivity contribution in [3.05, 3.63) is 54.2 Å². The topological polar surface area (TPSA) is 389 Å². The number of rotatable bonds is 27. The maximum Gasteiger partial charge on any atom is 0.326 e. The lowest BCUT2D eigenvalue weighted by Gasteiger charge is -2.28. The number of benzene rings is 1. The van der Waals surface area contributed by atoms with Crippen LogP contribution < -0.4 is 49.1 Å². The number of carbonyl (C=O) groups excluding carboxylic acids is 7. The van der Waals surface area contributed by atoms with Gasteiger partial charge < -0.3 is 69.3 Å². The van der Waals surface area contributed by atoms with E-state index in [2.05, 4.69) is 46.9 Å². The standard InChI is InChI=1S/C39H56N12O11/c1-20(2)11-26(35(57)50-29(15-33(54)55)38(60)47-25(9-5-6-10-40)34(56)51-30(39(61)62)14-31(42)52)48-36(58)27(12-21-17-44-24-8-4-3-7-23(21)24)49-37(59)28(46-32(53)16-41)13-22-18-43-19-45-22/h3-4,7-8,17-20,25-30,44H,5-6,9-16,40-41H2,1-2H3,(H2,42,52)(H,43,45)(H,46,53)(H,47,60)(H,48,58)(H,49,59)(H,50,57)(H,51,56)(H,54,55)(H,61,62)/t25-,26-,27-,28-,29-,30-/m0/s1. The van der Waals surface area contributed by atoms with Gasteiger partial charge in [0.05, 0.1) is 25.7 Å². The molecule has 338 valence electrons. The van der Waals surface area contributed by atoms with Gasteiger partial charge in [-0.05, 0) is 49.8 Å². The summed E-state index contributed by atoms with van der Waals surface area (Å²) in [7, 11) is 0.